The molecule has 2 unspecified atom stereocenters. The van der Waals surface area contributed by atoms with E-state index in [1.54, 1.807) is 18.2 Å². The van der Waals surface area contributed by atoms with Crippen LogP contribution in [0.3, 0.4) is 0 Å². The molecular weight excluding hydrogens is 602 g/mol. The number of aromatic hydroxyl groups is 1. The molecule has 46 heavy (non-hydrogen) atoms. The van der Waals surface area contributed by atoms with E-state index < -0.39 is 33.5 Å². The van der Waals surface area contributed by atoms with Gasteiger partial charge in [-0.15, -0.1) is 0 Å². The second kappa shape index (κ2) is 12.8. The zero-order valence-electron chi connectivity index (χ0n) is 26.1. The summed E-state index contributed by atoms with van der Waals surface area (Å²) in [5.41, 5.74) is 3.10. The van der Waals surface area contributed by atoms with E-state index >= 15 is 0 Å². The number of aryl methyl sites for hydroxylation is 2. The van der Waals surface area contributed by atoms with Crippen LogP contribution in [0.5, 0.6) is 5.95 Å². The minimum absolute atomic E-state index is 0.00322. The summed E-state index contributed by atoms with van der Waals surface area (Å²) in [6.45, 7) is 5.68. The highest BCUT2D eigenvalue weighted by Gasteiger charge is 2.33. The number of hydrogen-bond donors (Lipinski definition) is 5. The molecule has 0 fully saturated rings. The van der Waals surface area contributed by atoms with Gasteiger partial charge >= 0.3 is 5.95 Å². The van der Waals surface area contributed by atoms with Crippen LogP contribution in [0.2, 0.25) is 0 Å². The summed E-state index contributed by atoms with van der Waals surface area (Å²) in [5, 5.41) is 24.0. The third kappa shape index (κ3) is 6.60. The normalized spacial score (nSPS) is 16.3. The molecule has 0 spiro atoms. The Morgan fingerprint density at radius 1 is 1.00 bits per heavy atom. The lowest BCUT2D eigenvalue weighted by molar-refractivity contribution is -0.118. The Morgan fingerprint density at radius 3 is 2.54 bits per heavy atom. The first-order chi connectivity index (χ1) is 22.0. The standard InChI is InChI=1S/C36H39N3O6S/c1-21(2)17-32(38-36(46(42,43)44)37-26-9-6-7-22(3)18-26)34(40)39-33-31(20-45-35(33)41)25-12-14-28-24(19-25)13-16-29-27-10-5-4-8-23(27)11-15-30(28)29/h4-11,13,15-16,18,20-21,25,32,36-38,41H,12,14,17,19H2,1-3H3,(H,39,40)(H,42,43,44)/t25?,32-,36?/m0/s1. The second-order valence-corrected chi connectivity index (χ2v) is 14.1. The largest absolute Gasteiger partial charge is 0.479 e. The lowest BCUT2D eigenvalue weighted by Crippen LogP contribution is -2.52. The number of carbonyl (C=O) groups excluding carboxylic acids is 1. The zero-order chi connectivity index (χ0) is 32.6. The second-order valence-electron chi connectivity index (χ2n) is 12.6. The molecule has 4 aromatic carbocycles. The van der Waals surface area contributed by atoms with Crippen molar-refractivity contribution in [1.29, 1.82) is 0 Å². The molecule has 0 saturated carbocycles. The van der Waals surface area contributed by atoms with Crippen molar-refractivity contribution in [3.63, 3.8) is 0 Å². The predicted molar refractivity (Wildman–Crippen MR) is 182 cm³/mol. The van der Waals surface area contributed by atoms with Crippen molar-refractivity contribution < 1.29 is 27.3 Å². The zero-order valence-corrected chi connectivity index (χ0v) is 26.9. The Kier molecular flexibility index (Phi) is 8.78. The fourth-order valence-electron chi connectivity index (χ4n) is 6.62. The summed E-state index contributed by atoms with van der Waals surface area (Å²) in [6, 6.07) is 23.1. The molecule has 9 nitrogen and oxygen atoms in total. The number of anilines is 2. The van der Waals surface area contributed by atoms with Crippen molar-refractivity contribution in [1.82, 2.24) is 5.32 Å². The third-order valence-corrected chi connectivity index (χ3v) is 9.67. The van der Waals surface area contributed by atoms with E-state index in [9.17, 15) is 22.9 Å². The van der Waals surface area contributed by atoms with Gasteiger partial charge in [0.15, 0.2) is 0 Å². The summed E-state index contributed by atoms with van der Waals surface area (Å²) < 4.78 is 40.2. The molecule has 1 heterocycles. The lowest BCUT2D eigenvalue weighted by Gasteiger charge is -2.27. The molecular formula is C36H39N3O6S. The number of carbonyl (C=O) groups is 1. The fourth-order valence-corrected chi connectivity index (χ4v) is 7.25. The molecule has 6 rings (SSSR count). The Labute approximate surface area is 268 Å². The van der Waals surface area contributed by atoms with Crippen molar-refractivity contribution in [3.05, 3.63) is 101 Å². The van der Waals surface area contributed by atoms with Gasteiger partial charge in [-0.3, -0.25) is 14.7 Å². The van der Waals surface area contributed by atoms with E-state index in [1.807, 2.05) is 32.9 Å². The Morgan fingerprint density at radius 2 is 1.78 bits per heavy atom. The van der Waals surface area contributed by atoms with Crippen LogP contribution in [0, 0.1) is 12.8 Å². The minimum atomic E-state index is -4.66. The number of hydrogen-bond acceptors (Lipinski definition) is 7. The van der Waals surface area contributed by atoms with Gasteiger partial charge in [-0.1, -0.05) is 74.5 Å². The van der Waals surface area contributed by atoms with Crippen molar-refractivity contribution in [3.8, 4) is 5.95 Å². The molecule has 0 aliphatic heterocycles. The van der Waals surface area contributed by atoms with Gasteiger partial charge in [0.25, 0.3) is 10.1 Å². The molecule has 1 amide bonds. The first kappa shape index (κ1) is 31.6. The molecule has 5 N–H and O–H groups in total. The summed E-state index contributed by atoms with van der Waals surface area (Å²) in [5.74, 6) is -0.981. The summed E-state index contributed by atoms with van der Waals surface area (Å²) in [4.78, 5) is 13.7. The van der Waals surface area contributed by atoms with E-state index in [4.69, 9.17) is 4.42 Å². The van der Waals surface area contributed by atoms with Crippen LogP contribution in [0.15, 0.2) is 83.5 Å². The fraction of sp³-hybridized carbons (Fsp3) is 0.306. The smallest absolute Gasteiger partial charge is 0.306 e. The number of fused-ring (bicyclic) bond motifs is 5. The molecule has 3 atom stereocenters. The quantitative estimate of drug-likeness (QED) is 0.0618. The van der Waals surface area contributed by atoms with Crippen molar-refractivity contribution in [2.24, 2.45) is 5.92 Å². The number of benzene rings is 4. The highest BCUT2D eigenvalue weighted by molar-refractivity contribution is 7.86. The SMILES string of the molecule is Cc1cccc(NC(N[C@@H](CC(C)C)C(=O)Nc2c(C3CCc4c(ccc5c4ccc4ccccc45)C3)coc2O)S(=O)(=O)O)c1. The van der Waals surface area contributed by atoms with Gasteiger partial charge in [0.1, 0.15) is 12.0 Å². The van der Waals surface area contributed by atoms with Crippen molar-refractivity contribution >= 4 is 48.9 Å². The van der Waals surface area contributed by atoms with Crippen molar-refractivity contribution in [2.75, 3.05) is 10.6 Å². The number of furan rings is 1. The van der Waals surface area contributed by atoms with Crippen LogP contribution in [-0.2, 0) is 27.8 Å². The van der Waals surface area contributed by atoms with E-state index in [-0.39, 0.29) is 23.9 Å². The van der Waals surface area contributed by atoms with Gasteiger partial charge in [0.2, 0.25) is 11.4 Å². The molecule has 240 valence electrons. The van der Waals surface area contributed by atoms with Gasteiger partial charge < -0.3 is 20.2 Å². The van der Waals surface area contributed by atoms with Crippen molar-refractivity contribution in [2.45, 2.75) is 63.9 Å². The molecule has 10 heteroatoms. The maximum Gasteiger partial charge on any atom is 0.306 e. The molecule has 5 aromatic rings. The van der Waals surface area contributed by atoms with Crippen LogP contribution >= 0.6 is 0 Å². The predicted octanol–water partition coefficient (Wildman–Crippen LogP) is 7.10. The minimum Gasteiger partial charge on any atom is -0.479 e. The van der Waals surface area contributed by atoms with E-state index in [0.29, 0.717) is 17.7 Å². The van der Waals surface area contributed by atoms with Crippen LogP contribution in [0.25, 0.3) is 21.5 Å². The van der Waals surface area contributed by atoms with Gasteiger partial charge in [-0.05, 0) is 94.8 Å². The molecule has 0 saturated heterocycles. The number of nitrogens with one attached hydrogen (secondary N) is 3. The molecule has 0 bridgehead atoms. The van der Waals surface area contributed by atoms with Crippen LogP contribution in [-0.4, -0.2) is 35.5 Å². The van der Waals surface area contributed by atoms with E-state index in [1.165, 1.54) is 38.9 Å². The van der Waals surface area contributed by atoms with E-state index in [2.05, 4.69) is 58.4 Å². The average molecular weight is 642 g/mol. The van der Waals surface area contributed by atoms with Gasteiger partial charge in [0.05, 0.1) is 6.04 Å². The van der Waals surface area contributed by atoms with Gasteiger partial charge in [0, 0.05) is 11.3 Å². The first-order valence-corrected chi connectivity index (χ1v) is 17.1. The molecule has 1 aliphatic carbocycles. The molecule has 1 aliphatic rings. The highest BCUT2D eigenvalue weighted by Crippen LogP contribution is 2.43. The first-order valence-electron chi connectivity index (χ1n) is 15.6. The maximum atomic E-state index is 13.7. The summed E-state index contributed by atoms with van der Waals surface area (Å²) in [6.07, 6.45) is 4.08. The average Bonchev–Trinajstić information content (AvgIpc) is 3.38. The summed E-state index contributed by atoms with van der Waals surface area (Å²) in [7, 11) is -4.66. The Bertz CT molecular complexity index is 2020. The Hall–Kier alpha value is -4.38. The topological polar surface area (TPSA) is 141 Å². The number of amides is 1. The van der Waals surface area contributed by atoms with Gasteiger partial charge in [-0.25, -0.2) is 0 Å². The molecule has 1 aromatic heterocycles. The van der Waals surface area contributed by atoms with E-state index in [0.717, 1.165) is 18.4 Å². The number of rotatable bonds is 10. The Balaban J connectivity index is 1.24. The van der Waals surface area contributed by atoms with Crippen LogP contribution in [0.1, 0.15) is 54.9 Å². The maximum absolute atomic E-state index is 13.7. The summed E-state index contributed by atoms with van der Waals surface area (Å²) >= 11 is 0. The molecule has 0 radical (unpaired) electrons. The third-order valence-electron chi connectivity index (χ3n) is 8.82. The monoisotopic (exact) mass is 641 g/mol. The lowest BCUT2D eigenvalue weighted by atomic mass is 9.78. The highest BCUT2D eigenvalue weighted by atomic mass is 32.2. The van der Waals surface area contributed by atoms with Crippen LogP contribution < -0.4 is 16.0 Å². The van der Waals surface area contributed by atoms with Gasteiger partial charge in [-0.2, -0.15) is 8.42 Å². The van der Waals surface area contributed by atoms with Crippen LogP contribution in [0.4, 0.5) is 11.4 Å².